The molecule has 0 aliphatic carbocycles. The maximum absolute atomic E-state index is 9.06. The van der Waals surface area contributed by atoms with Gasteiger partial charge in [-0.2, -0.15) is 5.26 Å². The Bertz CT molecular complexity index is 660. The van der Waals surface area contributed by atoms with Crippen LogP contribution in [0.25, 0.3) is 11.1 Å². The summed E-state index contributed by atoms with van der Waals surface area (Å²) in [5.41, 5.74) is 2.07. The van der Waals surface area contributed by atoms with Gasteiger partial charge >= 0.3 is 0 Å². The largest absolute Gasteiger partial charge is 0.467 e. The van der Waals surface area contributed by atoms with Crippen LogP contribution in [0.5, 0.6) is 5.75 Å². The van der Waals surface area contributed by atoms with Crippen molar-refractivity contribution in [2.24, 2.45) is 0 Å². The highest BCUT2D eigenvalue weighted by Gasteiger charge is 2.10. The molecule has 108 valence electrons. The lowest BCUT2D eigenvalue weighted by Gasteiger charge is -2.12. The van der Waals surface area contributed by atoms with E-state index in [9.17, 15) is 0 Å². The summed E-state index contributed by atoms with van der Waals surface area (Å²) in [6, 6.07) is 12.5. The van der Waals surface area contributed by atoms with E-state index in [0.29, 0.717) is 28.0 Å². The van der Waals surface area contributed by atoms with Crippen LogP contribution in [0.2, 0.25) is 10.0 Å². The molecular weight excluding hydrogens is 309 g/mol. The first-order valence-corrected chi connectivity index (χ1v) is 7.10. The smallest absolute Gasteiger partial charge is 0.189 e. The van der Waals surface area contributed by atoms with Crippen LogP contribution >= 0.6 is 23.2 Å². The molecule has 0 saturated carbocycles. The molecule has 0 atom stereocenters. The predicted octanol–water partition coefficient (Wildman–Crippen LogP) is 4.90. The van der Waals surface area contributed by atoms with Gasteiger partial charge < -0.3 is 9.47 Å². The van der Waals surface area contributed by atoms with Gasteiger partial charge in [-0.25, -0.2) is 0 Å². The van der Waals surface area contributed by atoms with Crippen LogP contribution in [0.1, 0.15) is 12.5 Å². The van der Waals surface area contributed by atoms with Gasteiger partial charge in [0, 0.05) is 22.2 Å². The van der Waals surface area contributed by atoms with Gasteiger partial charge in [0.15, 0.2) is 6.79 Å². The van der Waals surface area contributed by atoms with Gasteiger partial charge in [-0.1, -0.05) is 23.2 Å². The number of hydrogen-bond acceptors (Lipinski definition) is 3. The third-order valence-corrected chi connectivity index (χ3v) is 3.22. The zero-order valence-corrected chi connectivity index (χ0v) is 12.9. The highest BCUT2D eigenvalue weighted by Crippen LogP contribution is 2.34. The molecule has 0 heterocycles. The third-order valence-electron chi connectivity index (χ3n) is 2.78. The summed E-state index contributed by atoms with van der Waals surface area (Å²) in [4.78, 5) is 0. The summed E-state index contributed by atoms with van der Waals surface area (Å²) >= 11 is 12.1. The monoisotopic (exact) mass is 321 g/mol. The van der Waals surface area contributed by atoms with Crippen LogP contribution in [-0.2, 0) is 4.74 Å². The molecule has 0 aliphatic heterocycles. The maximum Gasteiger partial charge on any atom is 0.189 e. The molecule has 2 aromatic carbocycles. The van der Waals surface area contributed by atoms with Gasteiger partial charge in [0.2, 0.25) is 0 Å². The zero-order chi connectivity index (χ0) is 15.2. The van der Waals surface area contributed by atoms with E-state index in [1.165, 1.54) is 0 Å². The van der Waals surface area contributed by atoms with Crippen molar-refractivity contribution in [2.45, 2.75) is 6.92 Å². The standard InChI is InChI=1S/C16H13Cl2NO2/c1-2-20-10-21-16-4-3-11(9-19)5-15(16)12-6-13(17)8-14(18)7-12/h3-8H,2,10H2,1H3. The minimum absolute atomic E-state index is 0.143. The van der Waals surface area contributed by atoms with Crippen molar-refractivity contribution in [3.63, 3.8) is 0 Å². The summed E-state index contributed by atoms with van der Waals surface area (Å²) in [6.45, 7) is 2.60. The average Bonchev–Trinajstić information content (AvgIpc) is 2.46. The Morgan fingerprint density at radius 1 is 1.10 bits per heavy atom. The summed E-state index contributed by atoms with van der Waals surface area (Å²) in [5.74, 6) is 0.612. The molecule has 0 fully saturated rings. The van der Waals surface area contributed by atoms with Gasteiger partial charge in [0.05, 0.1) is 11.6 Å². The zero-order valence-electron chi connectivity index (χ0n) is 11.4. The number of halogens is 2. The molecule has 0 N–H and O–H groups in total. The van der Waals surface area contributed by atoms with E-state index >= 15 is 0 Å². The molecule has 0 aliphatic rings. The number of nitrogens with zero attached hydrogens (tertiary/aromatic N) is 1. The lowest BCUT2D eigenvalue weighted by atomic mass is 10.0. The first kappa shape index (κ1) is 15.7. The van der Waals surface area contributed by atoms with Crippen LogP contribution in [0.4, 0.5) is 0 Å². The summed E-state index contributed by atoms with van der Waals surface area (Å²) in [7, 11) is 0. The Kier molecular flexibility index (Phi) is 5.46. The third kappa shape index (κ3) is 4.12. The minimum atomic E-state index is 0.143. The molecule has 2 rings (SSSR count). The van der Waals surface area contributed by atoms with Crippen LogP contribution in [0, 0.1) is 11.3 Å². The van der Waals surface area contributed by atoms with Crippen molar-refractivity contribution in [1.29, 1.82) is 5.26 Å². The van der Waals surface area contributed by atoms with E-state index < -0.39 is 0 Å². The lowest BCUT2D eigenvalue weighted by molar-refractivity contribution is 0.0227. The van der Waals surface area contributed by atoms with Crippen molar-refractivity contribution in [3.05, 3.63) is 52.0 Å². The highest BCUT2D eigenvalue weighted by atomic mass is 35.5. The van der Waals surface area contributed by atoms with Crippen molar-refractivity contribution < 1.29 is 9.47 Å². The van der Waals surface area contributed by atoms with Crippen molar-refractivity contribution >= 4 is 23.2 Å². The normalized spacial score (nSPS) is 10.2. The number of rotatable bonds is 5. The van der Waals surface area contributed by atoms with Crippen molar-refractivity contribution in [1.82, 2.24) is 0 Å². The Balaban J connectivity index is 2.45. The first-order valence-electron chi connectivity index (χ1n) is 6.35. The van der Waals surface area contributed by atoms with Crippen LogP contribution in [0.15, 0.2) is 36.4 Å². The Hall–Kier alpha value is -1.73. The number of hydrogen-bond donors (Lipinski definition) is 0. The van der Waals surface area contributed by atoms with E-state index in [0.717, 1.165) is 11.1 Å². The average molecular weight is 322 g/mol. The maximum atomic E-state index is 9.06. The molecule has 0 spiro atoms. The first-order chi connectivity index (χ1) is 10.1. The fourth-order valence-electron chi connectivity index (χ4n) is 1.85. The SMILES string of the molecule is CCOCOc1ccc(C#N)cc1-c1cc(Cl)cc(Cl)c1. The Morgan fingerprint density at radius 2 is 1.81 bits per heavy atom. The van der Waals surface area contributed by atoms with Gasteiger partial charge in [0.25, 0.3) is 0 Å². The molecule has 0 saturated heterocycles. The van der Waals surface area contributed by atoms with Gasteiger partial charge in [-0.15, -0.1) is 0 Å². The van der Waals surface area contributed by atoms with E-state index in [-0.39, 0.29) is 6.79 Å². The molecule has 0 amide bonds. The second kappa shape index (κ2) is 7.33. The molecule has 0 bridgehead atoms. The molecule has 5 heteroatoms. The summed E-state index contributed by atoms with van der Waals surface area (Å²) in [5, 5.41) is 10.1. The lowest BCUT2D eigenvalue weighted by Crippen LogP contribution is -2.03. The fourth-order valence-corrected chi connectivity index (χ4v) is 2.37. The topological polar surface area (TPSA) is 42.2 Å². The fraction of sp³-hybridized carbons (Fsp3) is 0.188. The van der Waals surface area contributed by atoms with Gasteiger partial charge in [-0.3, -0.25) is 0 Å². The van der Waals surface area contributed by atoms with Crippen LogP contribution in [0.3, 0.4) is 0 Å². The number of ether oxygens (including phenoxy) is 2. The molecule has 2 aromatic rings. The van der Waals surface area contributed by atoms with Gasteiger partial charge in [0.1, 0.15) is 5.75 Å². The van der Waals surface area contributed by atoms with E-state index in [2.05, 4.69) is 6.07 Å². The van der Waals surface area contributed by atoms with Gasteiger partial charge in [-0.05, 0) is 48.9 Å². The summed E-state index contributed by atoms with van der Waals surface area (Å²) < 4.78 is 10.8. The Morgan fingerprint density at radius 3 is 2.43 bits per heavy atom. The van der Waals surface area contributed by atoms with E-state index in [1.54, 1.807) is 36.4 Å². The highest BCUT2D eigenvalue weighted by molar-refractivity contribution is 6.35. The van der Waals surface area contributed by atoms with E-state index in [4.69, 9.17) is 37.9 Å². The molecule has 0 radical (unpaired) electrons. The van der Waals surface area contributed by atoms with Crippen molar-refractivity contribution in [2.75, 3.05) is 13.4 Å². The Labute approximate surface area is 133 Å². The molecule has 0 aromatic heterocycles. The molecule has 0 unspecified atom stereocenters. The van der Waals surface area contributed by atoms with Crippen LogP contribution in [-0.4, -0.2) is 13.4 Å². The van der Waals surface area contributed by atoms with E-state index in [1.807, 2.05) is 6.92 Å². The second-order valence-corrected chi connectivity index (χ2v) is 5.11. The quantitative estimate of drug-likeness (QED) is 0.580. The minimum Gasteiger partial charge on any atom is -0.467 e. The number of nitriles is 1. The van der Waals surface area contributed by atoms with Crippen LogP contribution < -0.4 is 4.74 Å². The summed E-state index contributed by atoms with van der Waals surface area (Å²) in [6.07, 6.45) is 0. The molecular formula is C16H13Cl2NO2. The predicted molar refractivity (Wildman–Crippen MR) is 83.7 cm³/mol. The number of benzene rings is 2. The molecule has 3 nitrogen and oxygen atoms in total. The van der Waals surface area contributed by atoms with Crippen molar-refractivity contribution in [3.8, 4) is 22.9 Å². The molecule has 21 heavy (non-hydrogen) atoms. The second-order valence-electron chi connectivity index (χ2n) is 4.24.